The van der Waals surface area contributed by atoms with Crippen molar-refractivity contribution >= 4 is 11.2 Å². The molecule has 1 aliphatic rings. The first kappa shape index (κ1) is 17.9. The summed E-state index contributed by atoms with van der Waals surface area (Å²) in [6, 6.07) is 8.26. The zero-order chi connectivity index (χ0) is 18.8. The fourth-order valence-corrected chi connectivity index (χ4v) is 4.01. The maximum atomic E-state index is 5.52. The van der Waals surface area contributed by atoms with Crippen LogP contribution in [0.4, 0.5) is 0 Å². The van der Waals surface area contributed by atoms with E-state index in [1.807, 2.05) is 26.0 Å². The molecule has 4 heterocycles. The summed E-state index contributed by atoms with van der Waals surface area (Å²) in [7, 11) is 1.67. The minimum Gasteiger partial charge on any atom is -0.481 e. The lowest BCUT2D eigenvalue weighted by Crippen LogP contribution is -2.36. The number of aromatic nitrogens is 3. The van der Waals surface area contributed by atoms with E-state index >= 15 is 0 Å². The third-order valence-electron chi connectivity index (χ3n) is 5.13. The number of oxazole rings is 1. The van der Waals surface area contributed by atoms with Gasteiger partial charge in [0.2, 0.25) is 5.88 Å². The third kappa shape index (κ3) is 4.27. The van der Waals surface area contributed by atoms with Crippen LogP contribution in [0.5, 0.6) is 5.88 Å². The summed E-state index contributed by atoms with van der Waals surface area (Å²) in [6.07, 6.45) is 3.54. The van der Waals surface area contributed by atoms with Crippen molar-refractivity contribution in [3.63, 3.8) is 0 Å². The Kier molecular flexibility index (Phi) is 5.07. The van der Waals surface area contributed by atoms with Crippen LogP contribution in [0.25, 0.3) is 11.2 Å². The number of pyridine rings is 2. The van der Waals surface area contributed by atoms with Crippen molar-refractivity contribution in [2.24, 2.45) is 5.92 Å². The van der Waals surface area contributed by atoms with E-state index in [0.29, 0.717) is 23.3 Å². The number of methoxy groups -OCH3 is 1. The highest BCUT2D eigenvalue weighted by Crippen LogP contribution is 2.24. The minimum absolute atomic E-state index is 0.642. The summed E-state index contributed by atoms with van der Waals surface area (Å²) in [5, 5.41) is 0. The fourth-order valence-electron chi connectivity index (χ4n) is 4.01. The molecule has 0 N–H and O–H groups in total. The smallest absolute Gasteiger partial charge is 0.213 e. The first-order valence-corrected chi connectivity index (χ1v) is 9.56. The third-order valence-corrected chi connectivity index (χ3v) is 5.13. The van der Waals surface area contributed by atoms with Gasteiger partial charge in [0.25, 0.3) is 0 Å². The molecule has 0 aliphatic carbocycles. The Hall–Kier alpha value is -2.47. The molecule has 3 aromatic heterocycles. The number of piperidine rings is 1. The van der Waals surface area contributed by atoms with Gasteiger partial charge in [-0.05, 0) is 62.4 Å². The van der Waals surface area contributed by atoms with E-state index in [1.165, 1.54) is 18.4 Å². The fraction of sp³-hybridized carbons (Fsp3) is 0.476. The Bertz CT molecular complexity index is 937. The molecule has 1 unspecified atom stereocenters. The number of likely N-dealkylation sites (tertiary alicyclic amines) is 1. The van der Waals surface area contributed by atoms with Crippen LogP contribution in [0.3, 0.4) is 0 Å². The number of aryl methyl sites for hydroxylation is 2. The van der Waals surface area contributed by atoms with E-state index in [1.54, 1.807) is 7.11 Å². The first-order valence-electron chi connectivity index (χ1n) is 9.56. The Morgan fingerprint density at radius 2 is 2.07 bits per heavy atom. The van der Waals surface area contributed by atoms with Crippen LogP contribution < -0.4 is 4.74 Å². The molecule has 3 aromatic rings. The Balaban J connectivity index is 1.42. The summed E-state index contributed by atoms with van der Waals surface area (Å²) in [5.74, 6) is 2.01. The molecule has 0 spiro atoms. The van der Waals surface area contributed by atoms with E-state index in [-0.39, 0.29) is 0 Å². The van der Waals surface area contributed by atoms with E-state index in [4.69, 9.17) is 9.15 Å². The van der Waals surface area contributed by atoms with Gasteiger partial charge in [-0.25, -0.2) is 9.97 Å². The van der Waals surface area contributed by atoms with E-state index in [9.17, 15) is 0 Å². The number of rotatable bonds is 5. The van der Waals surface area contributed by atoms with Crippen molar-refractivity contribution in [3.8, 4) is 5.88 Å². The first-order chi connectivity index (χ1) is 13.1. The highest BCUT2D eigenvalue weighted by Gasteiger charge is 2.21. The van der Waals surface area contributed by atoms with Crippen LogP contribution in [0.15, 0.2) is 28.7 Å². The van der Waals surface area contributed by atoms with Crippen molar-refractivity contribution in [2.45, 2.75) is 39.7 Å². The molecule has 1 atom stereocenters. The van der Waals surface area contributed by atoms with Gasteiger partial charge in [-0.1, -0.05) is 0 Å². The molecule has 1 fully saturated rings. The zero-order valence-electron chi connectivity index (χ0n) is 16.2. The highest BCUT2D eigenvalue weighted by atomic mass is 16.5. The molecule has 0 radical (unpaired) electrons. The van der Waals surface area contributed by atoms with Gasteiger partial charge in [-0.3, -0.25) is 4.90 Å². The maximum Gasteiger partial charge on any atom is 0.213 e. The second-order valence-corrected chi connectivity index (χ2v) is 7.46. The van der Waals surface area contributed by atoms with Crippen LogP contribution in [0.2, 0.25) is 0 Å². The van der Waals surface area contributed by atoms with Gasteiger partial charge in [0.05, 0.1) is 12.8 Å². The summed E-state index contributed by atoms with van der Waals surface area (Å²) in [4.78, 5) is 15.9. The molecule has 0 bridgehead atoms. The Labute approximate surface area is 159 Å². The molecule has 0 amide bonds. The monoisotopic (exact) mass is 366 g/mol. The van der Waals surface area contributed by atoms with Crippen LogP contribution in [0, 0.1) is 19.8 Å². The van der Waals surface area contributed by atoms with Gasteiger partial charge < -0.3 is 9.15 Å². The topological polar surface area (TPSA) is 64.3 Å². The quantitative estimate of drug-likeness (QED) is 0.686. The van der Waals surface area contributed by atoms with Crippen LogP contribution in [-0.2, 0) is 13.0 Å². The molecule has 27 heavy (non-hydrogen) atoms. The SMILES string of the molecule is COc1cc(CC2CCCN(Cc3ccc4oc(C)nc4n3)C2)cc(C)n1. The minimum atomic E-state index is 0.642. The lowest BCUT2D eigenvalue weighted by atomic mass is 9.91. The predicted octanol–water partition coefficient (Wildman–Crippen LogP) is 3.70. The van der Waals surface area contributed by atoms with Crippen LogP contribution >= 0.6 is 0 Å². The maximum absolute atomic E-state index is 5.52. The lowest BCUT2D eigenvalue weighted by Gasteiger charge is -2.32. The second kappa shape index (κ2) is 7.64. The largest absolute Gasteiger partial charge is 0.481 e. The molecule has 0 saturated carbocycles. The van der Waals surface area contributed by atoms with Crippen molar-refractivity contribution < 1.29 is 9.15 Å². The number of nitrogens with zero attached hydrogens (tertiary/aromatic N) is 4. The number of fused-ring (bicyclic) bond motifs is 1. The van der Waals surface area contributed by atoms with Crippen LogP contribution in [-0.4, -0.2) is 40.1 Å². The second-order valence-electron chi connectivity index (χ2n) is 7.46. The average molecular weight is 366 g/mol. The van der Waals surface area contributed by atoms with E-state index in [2.05, 4.69) is 32.0 Å². The lowest BCUT2D eigenvalue weighted by molar-refractivity contribution is 0.165. The Morgan fingerprint density at radius 3 is 2.93 bits per heavy atom. The molecular formula is C21H26N4O2. The van der Waals surface area contributed by atoms with Crippen molar-refractivity contribution in [3.05, 3.63) is 47.1 Å². The van der Waals surface area contributed by atoms with Gasteiger partial charge in [-0.2, -0.15) is 4.98 Å². The molecule has 0 aromatic carbocycles. The van der Waals surface area contributed by atoms with Crippen LogP contribution in [0.1, 0.15) is 35.7 Å². The summed E-state index contributed by atoms with van der Waals surface area (Å²) in [6.45, 7) is 6.93. The van der Waals surface area contributed by atoms with Gasteiger partial charge in [0, 0.05) is 31.8 Å². The zero-order valence-corrected chi connectivity index (χ0v) is 16.2. The highest BCUT2D eigenvalue weighted by molar-refractivity contribution is 5.67. The summed E-state index contributed by atoms with van der Waals surface area (Å²) in [5.41, 5.74) is 4.84. The molecular weight excluding hydrogens is 340 g/mol. The van der Waals surface area contributed by atoms with Crippen molar-refractivity contribution in [1.82, 2.24) is 19.9 Å². The van der Waals surface area contributed by atoms with E-state index < -0.39 is 0 Å². The molecule has 6 nitrogen and oxygen atoms in total. The van der Waals surface area contributed by atoms with Gasteiger partial charge >= 0.3 is 0 Å². The van der Waals surface area contributed by atoms with Crippen molar-refractivity contribution in [1.29, 1.82) is 0 Å². The molecule has 142 valence electrons. The van der Waals surface area contributed by atoms with Crippen molar-refractivity contribution in [2.75, 3.05) is 20.2 Å². The number of ether oxygens (including phenoxy) is 1. The number of hydrogen-bond acceptors (Lipinski definition) is 6. The summed E-state index contributed by atoms with van der Waals surface area (Å²) >= 11 is 0. The summed E-state index contributed by atoms with van der Waals surface area (Å²) < 4.78 is 10.8. The molecule has 6 heteroatoms. The standard InChI is InChI=1S/C21H26N4O2/c1-14-9-17(11-20(22-14)26-3)10-16-5-4-8-25(12-16)13-18-6-7-19-21(24-18)23-15(2)27-19/h6-7,9,11,16H,4-5,8,10,12-13H2,1-3H3. The molecule has 4 rings (SSSR count). The molecule has 1 saturated heterocycles. The van der Waals surface area contributed by atoms with E-state index in [0.717, 1.165) is 43.0 Å². The van der Waals surface area contributed by atoms with Gasteiger partial charge in [-0.15, -0.1) is 0 Å². The Morgan fingerprint density at radius 1 is 1.19 bits per heavy atom. The van der Waals surface area contributed by atoms with Gasteiger partial charge in [0.15, 0.2) is 17.1 Å². The predicted molar refractivity (Wildman–Crippen MR) is 104 cm³/mol. The number of hydrogen-bond donors (Lipinski definition) is 0. The van der Waals surface area contributed by atoms with Gasteiger partial charge in [0.1, 0.15) is 0 Å². The average Bonchev–Trinajstić information content (AvgIpc) is 3.01. The molecule has 1 aliphatic heterocycles. The normalized spacial score (nSPS) is 18.1.